The highest BCUT2D eigenvalue weighted by Crippen LogP contribution is 2.08. The summed E-state index contributed by atoms with van der Waals surface area (Å²) < 4.78 is 5.43. The standard InChI is InChI=1S/C6H14N2O/c1-5(2)9-6-3-8(7)4-6/h5-6H,3-4,7H2,1-2H3. The number of hydrogen-bond donors (Lipinski definition) is 1. The van der Waals surface area contributed by atoms with E-state index >= 15 is 0 Å². The van der Waals surface area contributed by atoms with Crippen LogP contribution in [0.3, 0.4) is 0 Å². The molecule has 1 heterocycles. The first kappa shape index (κ1) is 6.99. The van der Waals surface area contributed by atoms with E-state index in [0.717, 1.165) is 13.1 Å². The normalized spacial score (nSPS) is 22.7. The van der Waals surface area contributed by atoms with Gasteiger partial charge in [0.05, 0.1) is 12.2 Å². The zero-order chi connectivity index (χ0) is 6.85. The average molecular weight is 130 g/mol. The SMILES string of the molecule is CC(C)OC1CN(N)C1. The van der Waals surface area contributed by atoms with Gasteiger partial charge in [0, 0.05) is 13.1 Å². The second kappa shape index (κ2) is 2.64. The van der Waals surface area contributed by atoms with Crippen molar-refractivity contribution in [2.75, 3.05) is 13.1 Å². The van der Waals surface area contributed by atoms with Gasteiger partial charge in [-0.2, -0.15) is 0 Å². The summed E-state index contributed by atoms with van der Waals surface area (Å²) in [6.45, 7) is 5.86. The topological polar surface area (TPSA) is 38.5 Å². The minimum absolute atomic E-state index is 0.337. The first-order valence-corrected chi connectivity index (χ1v) is 3.33. The van der Waals surface area contributed by atoms with Crippen LogP contribution in [0.4, 0.5) is 0 Å². The fraction of sp³-hybridized carbons (Fsp3) is 1.00. The van der Waals surface area contributed by atoms with E-state index in [2.05, 4.69) is 0 Å². The van der Waals surface area contributed by atoms with Crippen molar-refractivity contribution in [3.8, 4) is 0 Å². The molecule has 1 aliphatic rings. The van der Waals surface area contributed by atoms with Crippen LogP contribution in [-0.4, -0.2) is 30.3 Å². The summed E-state index contributed by atoms with van der Waals surface area (Å²) in [5.41, 5.74) is 0. The lowest BCUT2D eigenvalue weighted by Crippen LogP contribution is -2.56. The fourth-order valence-electron chi connectivity index (χ4n) is 0.941. The van der Waals surface area contributed by atoms with Crippen molar-refractivity contribution >= 4 is 0 Å². The van der Waals surface area contributed by atoms with Crippen LogP contribution < -0.4 is 5.84 Å². The molecular formula is C6H14N2O. The minimum atomic E-state index is 0.337. The minimum Gasteiger partial charge on any atom is -0.373 e. The summed E-state index contributed by atoms with van der Waals surface area (Å²) in [7, 11) is 0. The van der Waals surface area contributed by atoms with Crippen molar-refractivity contribution in [3.05, 3.63) is 0 Å². The van der Waals surface area contributed by atoms with Crippen LogP contribution >= 0.6 is 0 Å². The van der Waals surface area contributed by atoms with E-state index in [1.54, 1.807) is 5.01 Å². The highest BCUT2D eigenvalue weighted by atomic mass is 16.5. The highest BCUT2D eigenvalue weighted by Gasteiger charge is 2.24. The maximum Gasteiger partial charge on any atom is 0.0860 e. The van der Waals surface area contributed by atoms with Crippen molar-refractivity contribution in [1.82, 2.24) is 5.01 Å². The van der Waals surface area contributed by atoms with E-state index in [4.69, 9.17) is 10.6 Å². The van der Waals surface area contributed by atoms with Crippen LogP contribution in [0.5, 0.6) is 0 Å². The lowest BCUT2D eigenvalue weighted by molar-refractivity contribution is -0.0809. The first-order valence-electron chi connectivity index (χ1n) is 3.33. The second-order valence-electron chi connectivity index (χ2n) is 2.76. The van der Waals surface area contributed by atoms with E-state index in [0.29, 0.717) is 12.2 Å². The van der Waals surface area contributed by atoms with Crippen LogP contribution in [-0.2, 0) is 4.74 Å². The Morgan fingerprint density at radius 2 is 2.11 bits per heavy atom. The molecule has 1 rings (SSSR count). The zero-order valence-electron chi connectivity index (χ0n) is 6.00. The molecular weight excluding hydrogens is 116 g/mol. The smallest absolute Gasteiger partial charge is 0.0860 e. The lowest BCUT2D eigenvalue weighted by Gasteiger charge is -2.36. The molecule has 0 amide bonds. The summed E-state index contributed by atoms with van der Waals surface area (Å²) in [6, 6.07) is 0. The van der Waals surface area contributed by atoms with Crippen molar-refractivity contribution in [2.45, 2.75) is 26.1 Å². The van der Waals surface area contributed by atoms with E-state index in [1.165, 1.54) is 0 Å². The molecule has 1 saturated heterocycles. The summed E-state index contributed by atoms with van der Waals surface area (Å²) in [4.78, 5) is 0. The maximum absolute atomic E-state index is 5.43. The van der Waals surface area contributed by atoms with Crippen LogP contribution in [0.1, 0.15) is 13.8 Å². The van der Waals surface area contributed by atoms with Gasteiger partial charge in [0.25, 0.3) is 0 Å². The summed E-state index contributed by atoms with van der Waals surface area (Å²) in [5.74, 6) is 5.40. The molecule has 0 saturated carbocycles. The fourth-order valence-corrected chi connectivity index (χ4v) is 0.941. The van der Waals surface area contributed by atoms with Crippen molar-refractivity contribution in [1.29, 1.82) is 0 Å². The van der Waals surface area contributed by atoms with Crippen LogP contribution in [0, 0.1) is 0 Å². The maximum atomic E-state index is 5.43. The van der Waals surface area contributed by atoms with Gasteiger partial charge in [-0.05, 0) is 13.8 Å². The molecule has 0 aromatic heterocycles. The number of nitrogens with two attached hydrogens (primary N) is 1. The predicted octanol–water partition coefficient (Wildman–Crippen LogP) is -0.0307. The summed E-state index contributed by atoms with van der Waals surface area (Å²) >= 11 is 0. The molecule has 0 bridgehead atoms. The zero-order valence-corrected chi connectivity index (χ0v) is 6.00. The molecule has 0 aromatic rings. The van der Waals surface area contributed by atoms with Gasteiger partial charge in [0.15, 0.2) is 0 Å². The first-order chi connectivity index (χ1) is 4.18. The predicted molar refractivity (Wildman–Crippen MR) is 35.8 cm³/mol. The molecule has 1 aliphatic heterocycles. The Bertz CT molecular complexity index is 89.1. The Morgan fingerprint density at radius 3 is 2.44 bits per heavy atom. The molecule has 2 N–H and O–H groups in total. The molecule has 3 nitrogen and oxygen atoms in total. The Kier molecular flexibility index (Phi) is 2.05. The van der Waals surface area contributed by atoms with Gasteiger partial charge in [-0.25, -0.2) is 5.01 Å². The highest BCUT2D eigenvalue weighted by molar-refractivity contribution is 4.76. The second-order valence-corrected chi connectivity index (χ2v) is 2.76. The van der Waals surface area contributed by atoms with Crippen LogP contribution in [0.25, 0.3) is 0 Å². The van der Waals surface area contributed by atoms with E-state index in [-0.39, 0.29) is 0 Å². The Morgan fingerprint density at radius 1 is 1.56 bits per heavy atom. The molecule has 0 spiro atoms. The number of hydrogen-bond acceptors (Lipinski definition) is 3. The van der Waals surface area contributed by atoms with Gasteiger partial charge in [0.2, 0.25) is 0 Å². The number of ether oxygens (including phenoxy) is 1. The van der Waals surface area contributed by atoms with Crippen LogP contribution in [0.2, 0.25) is 0 Å². The van der Waals surface area contributed by atoms with Gasteiger partial charge < -0.3 is 4.74 Å². The molecule has 0 radical (unpaired) electrons. The quantitative estimate of drug-likeness (QED) is 0.533. The Hall–Kier alpha value is -0.120. The van der Waals surface area contributed by atoms with E-state index < -0.39 is 0 Å². The Labute approximate surface area is 55.7 Å². The van der Waals surface area contributed by atoms with Gasteiger partial charge in [-0.3, -0.25) is 5.84 Å². The van der Waals surface area contributed by atoms with Crippen molar-refractivity contribution in [3.63, 3.8) is 0 Å². The molecule has 0 unspecified atom stereocenters. The lowest BCUT2D eigenvalue weighted by atomic mass is 10.2. The van der Waals surface area contributed by atoms with Gasteiger partial charge >= 0.3 is 0 Å². The summed E-state index contributed by atoms with van der Waals surface area (Å²) in [5, 5.41) is 1.76. The van der Waals surface area contributed by atoms with E-state index in [1.807, 2.05) is 13.8 Å². The Balaban J connectivity index is 2.04. The molecule has 9 heavy (non-hydrogen) atoms. The monoisotopic (exact) mass is 130 g/mol. The largest absolute Gasteiger partial charge is 0.373 e. The molecule has 0 aromatic carbocycles. The summed E-state index contributed by atoms with van der Waals surface area (Å²) in [6.07, 6.45) is 0.721. The number of hydrazine groups is 1. The molecule has 54 valence electrons. The third kappa shape index (κ3) is 1.93. The van der Waals surface area contributed by atoms with Gasteiger partial charge in [-0.1, -0.05) is 0 Å². The number of rotatable bonds is 2. The van der Waals surface area contributed by atoms with Crippen LogP contribution in [0.15, 0.2) is 0 Å². The number of nitrogens with zero attached hydrogens (tertiary/aromatic N) is 1. The molecule has 0 atom stereocenters. The molecule has 1 fully saturated rings. The molecule has 3 heteroatoms. The third-order valence-electron chi connectivity index (χ3n) is 1.34. The average Bonchev–Trinajstić information content (AvgIpc) is 1.60. The van der Waals surface area contributed by atoms with Gasteiger partial charge in [0.1, 0.15) is 0 Å². The molecule has 0 aliphatic carbocycles. The van der Waals surface area contributed by atoms with Gasteiger partial charge in [-0.15, -0.1) is 0 Å². The van der Waals surface area contributed by atoms with Crippen molar-refractivity contribution in [2.24, 2.45) is 5.84 Å². The van der Waals surface area contributed by atoms with Crippen molar-refractivity contribution < 1.29 is 4.74 Å². The van der Waals surface area contributed by atoms with E-state index in [9.17, 15) is 0 Å². The third-order valence-corrected chi connectivity index (χ3v) is 1.34.